The summed E-state index contributed by atoms with van der Waals surface area (Å²) in [6.45, 7) is -2.33. The van der Waals surface area contributed by atoms with E-state index in [1.807, 2.05) is 0 Å². The molecule has 2 fully saturated rings. The lowest BCUT2D eigenvalue weighted by atomic mass is 9.99. The van der Waals surface area contributed by atoms with Crippen LogP contribution in [0.15, 0.2) is 0 Å². The zero-order chi connectivity index (χ0) is 17.4. The summed E-state index contributed by atoms with van der Waals surface area (Å²) >= 11 is 0. The highest BCUT2D eigenvalue weighted by Crippen LogP contribution is 2.34. The lowest BCUT2D eigenvalue weighted by Gasteiger charge is -2.41. The molecule has 136 valence electrons. The lowest BCUT2D eigenvalue weighted by molar-refractivity contribution is -0.342. The molecular formula is C12H22O11. The third-order valence-corrected chi connectivity index (χ3v) is 4.03. The molecule has 0 bridgehead atoms. The molecule has 0 saturated carbocycles. The first-order chi connectivity index (χ1) is 10.8. The van der Waals surface area contributed by atoms with Crippen molar-refractivity contribution in [3.8, 4) is 0 Å². The van der Waals surface area contributed by atoms with Crippen LogP contribution in [0.5, 0.6) is 0 Å². The van der Waals surface area contributed by atoms with Crippen LogP contribution in [-0.4, -0.2) is 115 Å². The molecule has 0 aromatic rings. The number of hydrogen-bond donors (Lipinski definition) is 8. The van der Waals surface area contributed by atoms with Crippen molar-refractivity contribution in [2.75, 3.05) is 19.8 Å². The molecule has 11 nitrogen and oxygen atoms in total. The molecule has 0 radical (unpaired) electrons. The monoisotopic (exact) mass is 342 g/mol. The molecule has 2 saturated heterocycles. The molecule has 2 aliphatic rings. The van der Waals surface area contributed by atoms with Gasteiger partial charge < -0.3 is 55.1 Å². The van der Waals surface area contributed by atoms with Crippen LogP contribution in [0.2, 0.25) is 0 Å². The van der Waals surface area contributed by atoms with Crippen LogP contribution in [0.4, 0.5) is 0 Å². The van der Waals surface area contributed by atoms with Crippen LogP contribution >= 0.6 is 0 Å². The van der Waals surface area contributed by atoms with Gasteiger partial charge in [0.15, 0.2) is 6.29 Å². The second kappa shape index (κ2) is 7.21. The van der Waals surface area contributed by atoms with Gasteiger partial charge in [0.2, 0.25) is 5.79 Å². The molecule has 23 heavy (non-hydrogen) atoms. The van der Waals surface area contributed by atoms with Gasteiger partial charge in [-0.05, 0) is 0 Å². The van der Waals surface area contributed by atoms with Gasteiger partial charge in [-0.25, -0.2) is 0 Å². The fraction of sp³-hybridized carbons (Fsp3) is 1.00. The molecule has 0 amide bonds. The van der Waals surface area contributed by atoms with Gasteiger partial charge in [0.05, 0.1) is 19.8 Å². The number of ether oxygens (including phenoxy) is 3. The summed E-state index contributed by atoms with van der Waals surface area (Å²) in [6, 6.07) is 0. The highest BCUT2D eigenvalue weighted by molar-refractivity contribution is 4.98. The maximum Gasteiger partial charge on any atom is 0.219 e. The average Bonchev–Trinajstić information content (AvgIpc) is 2.79. The average molecular weight is 342 g/mol. The van der Waals surface area contributed by atoms with E-state index in [4.69, 9.17) is 24.4 Å². The Bertz CT molecular complexity index is 393. The van der Waals surface area contributed by atoms with Crippen LogP contribution in [-0.2, 0) is 14.2 Å². The largest absolute Gasteiger partial charge is 0.394 e. The van der Waals surface area contributed by atoms with Crippen molar-refractivity contribution in [2.45, 2.75) is 54.8 Å². The van der Waals surface area contributed by atoms with Gasteiger partial charge in [0.25, 0.3) is 0 Å². The Labute approximate surface area is 130 Å². The normalized spacial score (nSPS) is 51.1. The third kappa shape index (κ3) is 3.36. The fourth-order valence-corrected chi connectivity index (χ4v) is 2.64. The second-order valence-corrected chi connectivity index (χ2v) is 5.59. The molecule has 0 spiro atoms. The molecule has 2 aliphatic heterocycles. The van der Waals surface area contributed by atoms with Crippen molar-refractivity contribution in [3.05, 3.63) is 0 Å². The summed E-state index contributed by atoms with van der Waals surface area (Å²) in [5.41, 5.74) is 0. The van der Waals surface area contributed by atoms with Crippen molar-refractivity contribution in [3.63, 3.8) is 0 Å². The molecule has 0 aliphatic carbocycles. The van der Waals surface area contributed by atoms with Crippen molar-refractivity contribution in [1.29, 1.82) is 0 Å². The van der Waals surface area contributed by atoms with Gasteiger partial charge in [-0.15, -0.1) is 0 Å². The van der Waals surface area contributed by atoms with Gasteiger partial charge in [0, 0.05) is 0 Å². The van der Waals surface area contributed by atoms with E-state index in [2.05, 4.69) is 0 Å². The van der Waals surface area contributed by atoms with E-state index in [0.717, 1.165) is 0 Å². The van der Waals surface area contributed by atoms with Crippen LogP contribution in [0, 0.1) is 0 Å². The lowest BCUT2D eigenvalue weighted by Crippen LogP contribution is -2.61. The summed E-state index contributed by atoms with van der Waals surface area (Å²) < 4.78 is 15.2. The Balaban J connectivity index is 2.15. The first-order valence-electron chi connectivity index (χ1n) is 7.05. The third-order valence-electron chi connectivity index (χ3n) is 4.03. The molecule has 11 heteroatoms. The maximum atomic E-state index is 10.1. The molecule has 0 aromatic carbocycles. The Morgan fingerprint density at radius 2 is 1.43 bits per heavy atom. The Morgan fingerprint density at radius 1 is 0.826 bits per heavy atom. The number of rotatable bonds is 5. The summed E-state index contributed by atoms with van der Waals surface area (Å²) in [6.07, 6.45) is -12.4. The van der Waals surface area contributed by atoms with E-state index in [0.29, 0.717) is 0 Å². The molecule has 2 heterocycles. The zero-order valence-corrected chi connectivity index (χ0v) is 12.0. The summed E-state index contributed by atoms with van der Waals surface area (Å²) in [5, 5.41) is 76.7. The number of aliphatic hydroxyl groups is 8. The predicted octanol–water partition coefficient (Wildman–Crippen LogP) is -5.40. The van der Waals surface area contributed by atoms with E-state index in [9.17, 15) is 30.6 Å². The quantitative estimate of drug-likeness (QED) is 0.238. The minimum Gasteiger partial charge on any atom is -0.394 e. The van der Waals surface area contributed by atoms with Gasteiger partial charge in [-0.3, -0.25) is 0 Å². The van der Waals surface area contributed by atoms with Crippen LogP contribution in [0.25, 0.3) is 0 Å². The Kier molecular flexibility index (Phi) is 5.92. The topological polar surface area (TPSA) is 190 Å². The molecule has 8 N–H and O–H groups in total. The maximum absolute atomic E-state index is 10.1. The second-order valence-electron chi connectivity index (χ2n) is 5.59. The van der Waals surface area contributed by atoms with Gasteiger partial charge in [0.1, 0.15) is 42.7 Å². The first kappa shape index (κ1) is 18.9. The zero-order valence-electron chi connectivity index (χ0n) is 12.0. The summed E-state index contributed by atoms with van der Waals surface area (Å²) in [7, 11) is 0. The first-order valence-corrected chi connectivity index (χ1v) is 7.05. The minimum absolute atomic E-state index is 0.669. The highest BCUT2D eigenvalue weighted by atomic mass is 16.7. The molecule has 9 atom stereocenters. The summed E-state index contributed by atoms with van der Waals surface area (Å²) in [5.74, 6) is -2.37. The standard InChI is InChI=1S/C12H22O11/c13-1-4-6(16)8(18)9(19)11(21-4)22-10-7(17)5(2-14)23-12(10,20)3-15/h4-11,13-20H,1-3H2/t4-,5+,6-,7-,8+,9-,10+,11-,12-/m1/s1. The van der Waals surface area contributed by atoms with Crippen molar-refractivity contribution in [2.24, 2.45) is 0 Å². The van der Waals surface area contributed by atoms with E-state index in [1.54, 1.807) is 0 Å². The molecule has 0 aromatic heterocycles. The minimum atomic E-state index is -2.37. The van der Waals surface area contributed by atoms with Crippen molar-refractivity contribution in [1.82, 2.24) is 0 Å². The van der Waals surface area contributed by atoms with Crippen LogP contribution in [0.3, 0.4) is 0 Å². The van der Waals surface area contributed by atoms with Gasteiger partial charge in [-0.1, -0.05) is 0 Å². The highest BCUT2D eigenvalue weighted by Gasteiger charge is 2.57. The van der Waals surface area contributed by atoms with Crippen molar-refractivity contribution < 1.29 is 55.1 Å². The van der Waals surface area contributed by atoms with Crippen LogP contribution < -0.4 is 0 Å². The molecule has 2 rings (SSSR count). The SMILES string of the molecule is OC[C@@H]1O[C@](O)(CO)[C@@H](O[C@H]2O[C@H](CO)[C@@H](O)[C@H](O)[C@H]2O)[C@@H]1O. The van der Waals surface area contributed by atoms with E-state index >= 15 is 0 Å². The van der Waals surface area contributed by atoms with Gasteiger partial charge in [-0.2, -0.15) is 0 Å². The number of aliphatic hydroxyl groups excluding tert-OH is 7. The Hall–Kier alpha value is -0.440. The predicted molar refractivity (Wildman–Crippen MR) is 68.6 cm³/mol. The van der Waals surface area contributed by atoms with E-state index in [1.165, 1.54) is 0 Å². The van der Waals surface area contributed by atoms with E-state index in [-0.39, 0.29) is 0 Å². The van der Waals surface area contributed by atoms with Crippen LogP contribution in [0.1, 0.15) is 0 Å². The van der Waals surface area contributed by atoms with E-state index < -0.39 is 74.6 Å². The fourth-order valence-electron chi connectivity index (χ4n) is 2.64. The van der Waals surface area contributed by atoms with Crippen molar-refractivity contribution >= 4 is 0 Å². The molecular weight excluding hydrogens is 320 g/mol. The smallest absolute Gasteiger partial charge is 0.219 e. The summed E-state index contributed by atoms with van der Waals surface area (Å²) in [4.78, 5) is 0. The van der Waals surface area contributed by atoms with Gasteiger partial charge >= 0.3 is 0 Å². The number of hydrogen-bond acceptors (Lipinski definition) is 11. The Morgan fingerprint density at radius 3 is 1.96 bits per heavy atom. The molecule has 0 unspecified atom stereocenters.